The molecule has 6 nitrogen and oxygen atoms in total. The molecule has 2 aromatic carbocycles. The van der Waals surface area contributed by atoms with Crippen molar-refractivity contribution in [1.29, 1.82) is 0 Å². The zero-order chi connectivity index (χ0) is 19.0. The second-order valence-corrected chi connectivity index (χ2v) is 6.71. The van der Waals surface area contributed by atoms with Crippen molar-refractivity contribution in [3.63, 3.8) is 0 Å². The van der Waals surface area contributed by atoms with Gasteiger partial charge in [-0.15, -0.1) is 0 Å². The molecule has 0 spiro atoms. The third-order valence-electron chi connectivity index (χ3n) is 4.94. The molecule has 0 unspecified atom stereocenters. The van der Waals surface area contributed by atoms with Crippen molar-refractivity contribution in [3.05, 3.63) is 74.3 Å². The molecule has 0 amide bonds. The van der Waals surface area contributed by atoms with Gasteiger partial charge in [-0.05, 0) is 43.2 Å². The van der Waals surface area contributed by atoms with Gasteiger partial charge in [-0.1, -0.05) is 12.1 Å². The summed E-state index contributed by atoms with van der Waals surface area (Å²) < 4.78 is 11.1. The highest BCUT2D eigenvalue weighted by Crippen LogP contribution is 2.39. The first-order valence-electron chi connectivity index (χ1n) is 8.30. The first-order chi connectivity index (χ1) is 12.9. The minimum absolute atomic E-state index is 0.0446. The maximum absolute atomic E-state index is 13.1. The van der Waals surface area contributed by atoms with Gasteiger partial charge < -0.3 is 13.9 Å². The van der Waals surface area contributed by atoms with E-state index in [0.717, 1.165) is 5.56 Å². The molecule has 2 heterocycles. The van der Waals surface area contributed by atoms with Crippen molar-refractivity contribution in [3.8, 4) is 5.75 Å². The molecule has 0 fully saturated rings. The molecule has 4 aromatic rings. The Morgan fingerprint density at radius 1 is 0.889 bits per heavy atom. The standard InChI is InChI=1S/C21H12O6/c1-8-6-10-14(11(22)7-8)18(24)20-15(17(10)23)16-19(27-20)13-9(2)4-3-5-12(13)26-21(16)25/h3-7,22H,1-2H3. The molecule has 0 aliphatic heterocycles. The van der Waals surface area contributed by atoms with E-state index in [2.05, 4.69) is 0 Å². The van der Waals surface area contributed by atoms with Crippen molar-refractivity contribution in [1.82, 2.24) is 0 Å². The summed E-state index contributed by atoms with van der Waals surface area (Å²) in [6.45, 7) is 3.52. The largest absolute Gasteiger partial charge is 0.507 e. The van der Waals surface area contributed by atoms with E-state index in [0.29, 0.717) is 16.5 Å². The number of hydrogen-bond donors (Lipinski definition) is 1. The van der Waals surface area contributed by atoms with E-state index in [9.17, 15) is 19.5 Å². The number of fused-ring (bicyclic) bond motifs is 6. The molecule has 0 bridgehead atoms. The highest BCUT2D eigenvalue weighted by Gasteiger charge is 2.39. The number of hydrogen-bond acceptors (Lipinski definition) is 6. The van der Waals surface area contributed by atoms with Crippen LogP contribution in [0.5, 0.6) is 5.75 Å². The van der Waals surface area contributed by atoms with E-state index in [1.807, 2.05) is 13.0 Å². The molecule has 132 valence electrons. The van der Waals surface area contributed by atoms with Gasteiger partial charge in [0, 0.05) is 5.56 Å². The van der Waals surface area contributed by atoms with E-state index in [-0.39, 0.29) is 39.2 Å². The summed E-state index contributed by atoms with van der Waals surface area (Å²) in [5.41, 5.74) is 0.964. The number of ketones is 2. The average Bonchev–Trinajstić information content (AvgIpc) is 3.00. The van der Waals surface area contributed by atoms with Gasteiger partial charge >= 0.3 is 5.63 Å². The van der Waals surface area contributed by atoms with Crippen molar-refractivity contribution in [2.75, 3.05) is 0 Å². The van der Waals surface area contributed by atoms with Crippen LogP contribution in [0.2, 0.25) is 0 Å². The predicted molar refractivity (Wildman–Crippen MR) is 96.7 cm³/mol. The number of aryl methyl sites for hydroxylation is 2. The van der Waals surface area contributed by atoms with Gasteiger partial charge in [0.25, 0.3) is 0 Å². The van der Waals surface area contributed by atoms with Crippen LogP contribution in [0, 0.1) is 13.8 Å². The maximum atomic E-state index is 13.1. The summed E-state index contributed by atoms with van der Waals surface area (Å²) >= 11 is 0. The van der Waals surface area contributed by atoms with Gasteiger partial charge in [0.2, 0.25) is 5.78 Å². The molecule has 0 saturated carbocycles. The molecule has 1 N–H and O–H groups in total. The van der Waals surface area contributed by atoms with Crippen LogP contribution < -0.4 is 5.63 Å². The van der Waals surface area contributed by atoms with Crippen LogP contribution in [-0.4, -0.2) is 16.7 Å². The van der Waals surface area contributed by atoms with Crippen LogP contribution in [0.25, 0.3) is 21.9 Å². The average molecular weight is 360 g/mol. The molecule has 0 atom stereocenters. The summed E-state index contributed by atoms with van der Waals surface area (Å²) in [6.07, 6.45) is 0. The van der Waals surface area contributed by atoms with Crippen LogP contribution in [0.1, 0.15) is 43.2 Å². The summed E-state index contributed by atoms with van der Waals surface area (Å²) in [5, 5.41) is 10.7. The fourth-order valence-corrected chi connectivity index (χ4v) is 3.78. The number of carbonyl (C=O) groups excluding carboxylic acids is 2. The van der Waals surface area contributed by atoms with E-state index < -0.39 is 17.2 Å². The Morgan fingerprint density at radius 3 is 2.44 bits per heavy atom. The van der Waals surface area contributed by atoms with Crippen LogP contribution in [0.3, 0.4) is 0 Å². The lowest BCUT2D eigenvalue weighted by atomic mass is 9.85. The first kappa shape index (κ1) is 15.6. The molecule has 6 heteroatoms. The highest BCUT2D eigenvalue weighted by molar-refractivity contribution is 6.33. The molecule has 27 heavy (non-hydrogen) atoms. The van der Waals surface area contributed by atoms with Crippen molar-refractivity contribution in [2.45, 2.75) is 13.8 Å². The lowest BCUT2D eigenvalue weighted by Gasteiger charge is -2.15. The van der Waals surface area contributed by atoms with Crippen LogP contribution >= 0.6 is 0 Å². The van der Waals surface area contributed by atoms with Gasteiger partial charge in [-0.3, -0.25) is 9.59 Å². The number of aromatic hydroxyl groups is 1. The molecular weight excluding hydrogens is 348 g/mol. The molecule has 0 saturated heterocycles. The smallest absolute Gasteiger partial charge is 0.348 e. The molecule has 2 aromatic heterocycles. The summed E-state index contributed by atoms with van der Waals surface area (Å²) in [5.74, 6) is -1.71. The molecule has 5 rings (SSSR count). The number of benzene rings is 2. The van der Waals surface area contributed by atoms with E-state index in [1.54, 1.807) is 19.1 Å². The topological polar surface area (TPSA) is 97.7 Å². The lowest BCUT2D eigenvalue weighted by molar-refractivity contribution is 0.0959. The Labute approximate surface area is 151 Å². The zero-order valence-electron chi connectivity index (χ0n) is 14.4. The predicted octanol–water partition coefficient (Wildman–Crippen LogP) is 3.64. The number of phenolic OH excluding ortho intramolecular Hbond substituents is 1. The molecule has 1 aliphatic carbocycles. The number of phenols is 1. The maximum Gasteiger partial charge on any atom is 0.348 e. The second-order valence-electron chi connectivity index (χ2n) is 6.71. The summed E-state index contributed by atoms with van der Waals surface area (Å²) in [7, 11) is 0. The van der Waals surface area contributed by atoms with Crippen LogP contribution in [0.4, 0.5) is 0 Å². The molecule has 0 radical (unpaired) electrons. The fourth-order valence-electron chi connectivity index (χ4n) is 3.78. The van der Waals surface area contributed by atoms with Gasteiger partial charge in [0.15, 0.2) is 17.1 Å². The van der Waals surface area contributed by atoms with Crippen molar-refractivity contribution < 1.29 is 23.5 Å². The second kappa shape index (κ2) is 4.94. The summed E-state index contributed by atoms with van der Waals surface area (Å²) in [6, 6.07) is 8.11. The Morgan fingerprint density at radius 2 is 1.67 bits per heavy atom. The Balaban J connectivity index is 1.99. The van der Waals surface area contributed by atoms with Gasteiger partial charge in [0.05, 0.1) is 16.5 Å². The van der Waals surface area contributed by atoms with Crippen LogP contribution in [0.15, 0.2) is 44.0 Å². The molecule has 1 aliphatic rings. The van der Waals surface area contributed by atoms with Gasteiger partial charge in [-0.2, -0.15) is 0 Å². The fraction of sp³-hybridized carbons (Fsp3) is 0.0952. The zero-order valence-corrected chi connectivity index (χ0v) is 14.4. The third-order valence-corrected chi connectivity index (χ3v) is 4.94. The Bertz CT molecular complexity index is 1400. The van der Waals surface area contributed by atoms with Crippen molar-refractivity contribution in [2.24, 2.45) is 0 Å². The van der Waals surface area contributed by atoms with Crippen molar-refractivity contribution >= 4 is 33.5 Å². The highest BCUT2D eigenvalue weighted by atomic mass is 16.4. The number of carbonyl (C=O) groups is 2. The SMILES string of the molecule is Cc1cc(O)c2c(c1)C(=O)c1c(oc3c1c(=O)oc1cccc(C)c13)C2=O. The monoisotopic (exact) mass is 360 g/mol. The summed E-state index contributed by atoms with van der Waals surface area (Å²) in [4.78, 5) is 38.6. The van der Waals surface area contributed by atoms with E-state index in [1.165, 1.54) is 12.1 Å². The minimum atomic E-state index is -0.741. The number of rotatable bonds is 0. The minimum Gasteiger partial charge on any atom is -0.507 e. The van der Waals surface area contributed by atoms with Crippen LogP contribution in [-0.2, 0) is 0 Å². The molecular formula is C21H12O6. The van der Waals surface area contributed by atoms with Gasteiger partial charge in [-0.25, -0.2) is 4.79 Å². The quantitative estimate of drug-likeness (QED) is 0.424. The Hall–Kier alpha value is -3.67. The normalized spacial score (nSPS) is 13.3. The third kappa shape index (κ3) is 1.87. The Kier molecular flexibility index (Phi) is 2.85. The lowest BCUT2D eigenvalue weighted by Crippen LogP contribution is -2.21. The van der Waals surface area contributed by atoms with E-state index in [4.69, 9.17) is 8.83 Å². The first-order valence-corrected chi connectivity index (χ1v) is 8.30. The number of furan rings is 1. The van der Waals surface area contributed by atoms with Gasteiger partial charge in [0.1, 0.15) is 16.7 Å². The van der Waals surface area contributed by atoms with E-state index >= 15 is 0 Å².